The summed E-state index contributed by atoms with van der Waals surface area (Å²) in [6.45, 7) is 0. The molecule has 1 amide bonds. The number of benzene rings is 1. The number of aryl methyl sites for hydroxylation is 1. The third-order valence-electron chi connectivity index (χ3n) is 4.34. The molecule has 0 radical (unpaired) electrons. The molecule has 0 heterocycles. The summed E-state index contributed by atoms with van der Waals surface area (Å²) in [5, 5.41) is 8.45. The highest BCUT2D eigenvalue weighted by Gasteiger charge is 2.28. The number of amides is 1. The fraction of sp³-hybridized carbons (Fsp3) is 0.529. The van der Waals surface area contributed by atoms with E-state index in [0.717, 1.165) is 31.2 Å². The molecule has 126 valence electrons. The van der Waals surface area contributed by atoms with Crippen LogP contribution in [-0.4, -0.2) is 31.1 Å². The van der Waals surface area contributed by atoms with Crippen molar-refractivity contribution in [1.29, 1.82) is 0 Å². The maximum absolute atomic E-state index is 12.7. The van der Waals surface area contributed by atoms with Crippen molar-refractivity contribution in [2.75, 3.05) is 14.2 Å². The zero-order valence-corrected chi connectivity index (χ0v) is 13.6. The second-order valence-corrected chi connectivity index (χ2v) is 5.74. The van der Waals surface area contributed by atoms with Crippen LogP contribution in [0.15, 0.2) is 12.1 Å². The molecule has 1 aromatic rings. The molecule has 0 aromatic heterocycles. The summed E-state index contributed by atoms with van der Waals surface area (Å²) in [6, 6.07) is 3.65. The van der Waals surface area contributed by atoms with E-state index in [1.54, 1.807) is 25.8 Å². The summed E-state index contributed by atoms with van der Waals surface area (Å²) in [6.07, 6.45) is 4.13. The van der Waals surface area contributed by atoms with Crippen LogP contribution in [0.1, 0.15) is 48.0 Å². The van der Waals surface area contributed by atoms with Crippen molar-refractivity contribution < 1.29 is 24.3 Å². The molecule has 2 rings (SSSR count). The van der Waals surface area contributed by atoms with Crippen LogP contribution >= 0.6 is 0 Å². The second-order valence-electron chi connectivity index (χ2n) is 5.74. The van der Waals surface area contributed by atoms with Crippen molar-refractivity contribution in [2.45, 2.75) is 38.5 Å². The SMILES string of the molecule is COc1cc2c(cc1OC)C(=O)C(CCCCC(=O)NO)CC2. The minimum Gasteiger partial charge on any atom is -0.493 e. The van der Waals surface area contributed by atoms with Gasteiger partial charge in [0.1, 0.15) is 0 Å². The Kier molecular flexibility index (Phi) is 5.98. The van der Waals surface area contributed by atoms with E-state index in [-0.39, 0.29) is 24.0 Å². The van der Waals surface area contributed by atoms with Gasteiger partial charge in [0.25, 0.3) is 0 Å². The van der Waals surface area contributed by atoms with Crippen LogP contribution in [0.5, 0.6) is 11.5 Å². The number of fused-ring (bicyclic) bond motifs is 1. The third kappa shape index (κ3) is 4.01. The number of hydrogen-bond acceptors (Lipinski definition) is 5. The van der Waals surface area contributed by atoms with Gasteiger partial charge in [-0.15, -0.1) is 0 Å². The predicted octanol–water partition coefficient (Wildman–Crippen LogP) is 2.51. The van der Waals surface area contributed by atoms with Gasteiger partial charge in [0.2, 0.25) is 5.91 Å². The van der Waals surface area contributed by atoms with Gasteiger partial charge < -0.3 is 9.47 Å². The first kappa shape index (κ1) is 17.3. The standard InChI is InChI=1S/C17H23NO5/c1-22-14-9-12-8-7-11(5-3-4-6-16(19)18-21)17(20)13(12)10-15(14)23-2/h9-11,21H,3-8H2,1-2H3,(H,18,19). The Bertz CT molecular complexity index is 585. The molecule has 0 saturated carbocycles. The number of Topliss-reactive ketones (excluding diaryl/α,β-unsaturated/α-hetero) is 1. The number of hydroxylamine groups is 1. The lowest BCUT2D eigenvalue weighted by Gasteiger charge is -2.24. The van der Waals surface area contributed by atoms with Crippen LogP contribution in [0, 0.1) is 5.92 Å². The largest absolute Gasteiger partial charge is 0.493 e. The normalized spacial score (nSPS) is 16.7. The molecule has 0 spiro atoms. The summed E-state index contributed by atoms with van der Waals surface area (Å²) in [7, 11) is 3.14. The smallest absolute Gasteiger partial charge is 0.243 e. The maximum Gasteiger partial charge on any atom is 0.243 e. The minimum atomic E-state index is -0.387. The van der Waals surface area contributed by atoms with Crippen molar-refractivity contribution in [3.8, 4) is 11.5 Å². The highest BCUT2D eigenvalue weighted by atomic mass is 16.5. The van der Waals surface area contributed by atoms with E-state index in [2.05, 4.69) is 0 Å². The molecule has 0 fully saturated rings. The third-order valence-corrected chi connectivity index (χ3v) is 4.34. The monoisotopic (exact) mass is 321 g/mol. The Morgan fingerprint density at radius 3 is 2.61 bits per heavy atom. The minimum absolute atomic E-state index is 0.0159. The van der Waals surface area contributed by atoms with Crippen LogP contribution in [0.3, 0.4) is 0 Å². The van der Waals surface area contributed by atoms with Crippen molar-refractivity contribution >= 4 is 11.7 Å². The lowest BCUT2D eigenvalue weighted by molar-refractivity contribution is -0.129. The van der Waals surface area contributed by atoms with Crippen molar-refractivity contribution in [2.24, 2.45) is 5.92 Å². The Morgan fingerprint density at radius 2 is 1.96 bits per heavy atom. The molecule has 1 atom stereocenters. The number of methoxy groups -OCH3 is 2. The van der Waals surface area contributed by atoms with Crippen LogP contribution < -0.4 is 15.0 Å². The van der Waals surface area contributed by atoms with Gasteiger partial charge in [-0.05, 0) is 43.4 Å². The number of carbonyl (C=O) groups excluding carboxylic acids is 2. The van der Waals surface area contributed by atoms with Gasteiger partial charge in [-0.1, -0.05) is 6.42 Å². The van der Waals surface area contributed by atoms with E-state index in [4.69, 9.17) is 14.7 Å². The van der Waals surface area contributed by atoms with Crippen molar-refractivity contribution in [3.63, 3.8) is 0 Å². The Labute approximate surface area is 135 Å². The average Bonchev–Trinajstić information content (AvgIpc) is 2.59. The Morgan fingerprint density at radius 1 is 1.26 bits per heavy atom. The van der Waals surface area contributed by atoms with Gasteiger partial charge in [0, 0.05) is 17.9 Å². The Balaban J connectivity index is 2.01. The topological polar surface area (TPSA) is 84.9 Å². The molecule has 0 saturated heterocycles. The molecule has 1 aliphatic carbocycles. The van der Waals surface area contributed by atoms with Gasteiger partial charge in [0.05, 0.1) is 14.2 Å². The zero-order valence-electron chi connectivity index (χ0n) is 13.6. The summed E-state index contributed by atoms with van der Waals surface area (Å²) >= 11 is 0. The lowest BCUT2D eigenvalue weighted by Crippen LogP contribution is -2.23. The first-order chi connectivity index (χ1) is 11.1. The average molecular weight is 321 g/mol. The van der Waals surface area contributed by atoms with E-state index >= 15 is 0 Å². The first-order valence-corrected chi connectivity index (χ1v) is 7.82. The van der Waals surface area contributed by atoms with E-state index in [1.807, 2.05) is 6.07 Å². The number of nitrogens with one attached hydrogen (secondary N) is 1. The fourth-order valence-electron chi connectivity index (χ4n) is 3.05. The number of ether oxygens (including phenoxy) is 2. The van der Waals surface area contributed by atoms with Crippen LogP contribution in [-0.2, 0) is 11.2 Å². The maximum atomic E-state index is 12.7. The fourth-order valence-corrected chi connectivity index (χ4v) is 3.05. The number of hydrogen-bond donors (Lipinski definition) is 2. The summed E-state index contributed by atoms with van der Waals surface area (Å²) in [5.74, 6) is 0.950. The van der Waals surface area contributed by atoms with Gasteiger partial charge in [0.15, 0.2) is 17.3 Å². The van der Waals surface area contributed by atoms with Gasteiger partial charge in [-0.2, -0.15) is 0 Å². The molecule has 0 aliphatic heterocycles. The van der Waals surface area contributed by atoms with Crippen molar-refractivity contribution in [3.05, 3.63) is 23.3 Å². The lowest BCUT2D eigenvalue weighted by atomic mass is 9.80. The van der Waals surface area contributed by atoms with E-state index in [0.29, 0.717) is 23.5 Å². The Hall–Kier alpha value is -2.08. The van der Waals surface area contributed by atoms with E-state index in [9.17, 15) is 9.59 Å². The van der Waals surface area contributed by atoms with Gasteiger partial charge >= 0.3 is 0 Å². The van der Waals surface area contributed by atoms with E-state index < -0.39 is 0 Å². The molecule has 1 aromatic carbocycles. The molecule has 6 heteroatoms. The molecule has 2 N–H and O–H groups in total. The molecular weight excluding hydrogens is 298 g/mol. The number of carbonyl (C=O) groups is 2. The molecule has 23 heavy (non-hydrogen) atoms. The first-order valence-electron chi connectivity index (χ1n) is 7.82. The summed E-state index contributed by atoms with van der Waals surface area (Å²) in [4.78, 5) is 23.6. The second kappa shape index (κ2) is 7.97. The summed E-state index contributed by atoms with van der Waals surface area (Å²) in [5.41, 5.74) is 3.34. The van der Waals surface area contributed by atoms with Crippen molar-refractivity contribution in [1.82, 2.24) is 5.48 Å². The molecule has 0 bridgehead atoms. The van der Waals surface area contributed by atoms with E-state index in [1.165, 1.54) is 0 Å². The van der Waals surface area contributed by atoms with Crippen LogP contribution in [0.2, 0.25) is 0 Å². The molecule has 6 nitrogen and oxygen atoms in total. The van der Waals surface area contributed by atoms with Crippen LogP contribution in [0.4, 0.5) is 0 Å². The number of rotatable bonds is 7. The number of ketones is 1. The van der Waals surface area contributed by atoms with Gasteiger partial charge in [-0.25, -0.2) is 5.48 Å². The molecule has 1 aliphatic rings. The van der Waals surface area contributed by atoms with Crippen LogP contribution in [0.25, 0.3) is 0 Å². The molecular formula is C17H23NO5. The number of unbranched alkanes of at least 4 members (excludes halogenated alkanes) is 1. The highest BCUT2D eigenvalue weighted by molar-refractivity contribution is 6.00. The predicted molar refractivity (Wildman–Crippen MR) is 84.1 cm³/mol. The highest BCUT2D eigenvalue weighted by Crippen LogP contribution is 2.36. The molecule has 1 unspecified atom stereocenters. The van der Waals surface area contributed by atoms with Gasteiger partial charge in [-0.3, -0.25) is 14.8 Å². The quantitative estimate of drug-likeness (QED) is 0.458. The summed E-state index contributed by atoms with van der Waals surface area (Å²) < 4.78 is 10.6. The zero-order chi connectivity index (χ0) is 16.8.